The third kappa shape index (κ3) is 9.23. The number of anilines is 2. The summed E-state index contributed by atoms with van der Waals surface area (Å²) >= 11 is 3.68. The Balaban J connectivity index is 1.02. The van der Waals surface area contributed by atoms with Gasteiger partial charge in [0.2, 0.25) is 5.91 Å². The van der Waals surface area contributed by atoms with Gasteiger partial charge >= 0.3 is 6.09 Å². The van der Waals surface area contributed by atoms with Crippen molar-refractivity contribution >= 4 is 78.5 Å². The molecular weight excluding hydrogens is 806 g/mol. The monoisotopic (exact) mass is 851 g/mol. The van der Waals surface area contributed by atoms with Gasteiger partial charge in [0.15, 0.2) is 0 Å². The van der Waals surface area contributed by atoms with Gasteiger partial charge in [-0.15, -0.1) is 0 Å². The molecule has 0 radical (unpaired) electrons. The van der Waals surface area contributed by atoms with Gasteiger partial charge < -0.3 is 39.6 Å². The van der Waals surface area contributed by atoms with Crippen LogP contribution in [0.3, 0.4) is 0 Å². The summed E-state index contributed by atoms with van der Waals surface area (Å²) in [6, 6.07) is 23.8. The van der Waals surface area contributed by atoms with Crippen molar-refractivity contribution in [3.63, 3.8) is 0 Å². The Morgan fingerprint density at radius 3 is 2.40 bits per heavy atom. The lowest BCUT2D eigenvalue weighted by atomic mass is 9.95. The number of carbonyl (C=O) groups excluding carboxylic acids is 4. The van der Waals surface area contributed by atoms with Crippen LogP contribution in [0.1, 0.15) is 58.2 Å². The lowest BCUT2D eigenvalue weighted by Gasteiger charge is -2.27. The summed E-state index contributed by atoms with van der Waals surface area (Å²) in [7, 11) is 0. The van der Waals surface area contributed by atoms with Crippen molar-refractivity contribution in [3.8, 4) is 5.75 Å². The first-order valence-electron chi connectivity index (χ1n) is 19.4. The third-order valence-electron chi connectivity index (χ3n) is 10.2. The number of benzene rings is 4. The molecule has 302 valence electrons. The minimum Gasteiger partial charge on any atom is -0.409 e. The van der Waals surface area contributed by atoms with Crippen molar-refractivity contribution < 1.29 is 33.4 Å². The van der Waals surface area contributed by atoms with Gasteiger partial charge in [-0.05, 0) is 66.8 Å². The van der Waals surface area contributed by atoms with Gasteiger partial charge in [0.1, 0.15) is 11.4 Å². The van der Waals surface area contributed by atoms with Crippen molar-refractivity contribution in [2.24, 2.45) is 5.10 Å². The zero-order chi connectivity index (χ0) is 40.6. The molecule has 4 amide bonds. The Hall–Kier alpha value is -5.61. The molecule has 3 heterocycles. The maximum atomic E-state index is 14.3. The number of alkyl halides is 1. The molecule has 58 heavy (non-hydrogen) atoms. The maximum absolute atomic E-state index is 14.3. The second-order valence-electron chi connectivity index (χ2n) is 14.0. The van der Waals surface area contributed by atoms with E-state index in [9.17, 15) is 19.2 Å². The summed E-state index contributed by atoms with van der Waals surface area (Å²) in [5, 5.41) is 13.5. The molecule has 1 aromatic heterocycles. The van der Waals surface area contributed by atoms with Crippen LogP contribution < -0.4 is 25.7 Å². The summed E-state index contributed by atoms with van der Waals surface area (Å²) in [6.07, 6.45) is -0.237. The van der Waals surface area contributed by atoms with Gasteiger partial charge in [0.25, 0.3) is 11.8 Å². The van der Waals surface area contributed by atoms with Gasteiger partial charge in [-0.2, -0.15) is 5.10 Å². The quantitative estimate of drug-likeness (QED) is 0.0431. The predicted molar refractivity (Wildman–Crippen MR) is 228 cm³/mol. The van der Waals surface area contributed by atoms with E-state index in [4.69, 9.17) is 14.2 Å². The summed E-state index contributed by atoms with van der Waals surface area (Å²) in [5.74, 6) is -0.357. The number of hydrogen-bond acceptors (Lipinski definition) is 9. The molecule has 0 aliphatic carbocycles. The average Bonchev–Trinajstić information content (AvgIpc) is 3.86. The van der Waals surface area contributed by atoms with E-state index in [0.29, 0.717) is 92.0 Å². The molecule has 2 aliphatic heterocycles. The fraction of sp³-hybridized carbons (Fsp3) is 0.326. The van der Waals surface area contributed by atoms with Crippen LogP contribution in [0, 0.1) is 0 Å². The molecule has 0 bridgehead atoms. The SMILES string of the molecule is CCOCCOCCC(=O)NN=C(C)c1ccc(C(=O)Nc2ccc3[nH]c(C(=O)N4C[C@@H](CBr)c5c4cc(OC(=O)N4CCNCC4)c4ccccc54)cc3c2)cc1. The van der Waals surface area contributed by atoms with Crippen LogP contribution in [0.25, 0.3) is 21.7 Å². The highest BCUT2D eigenvalue weighted by Gasteiger charge is 2.36. The van der Waals surface area contributed by atoms with Crippen molar-refractivity contribution in [2.45, 2.75) is 26.2 Å². The lowest BCUT2D eigenvalue weighted by Crippen LogP contribution is -2.47. The fourth-order valence-corrected chi connectivity index (χ4v) is 7.68. The molecule has 5 aromatic rings. The van der Waals surface area contributed by atoms with E-state index in [1.807, 2.05) is 49.4 Å². The normalized spacial score (nSPS) is 15.4. The molecule has 0 saturated carbocycles. The number of ether oxygens (including phenoxy) is 3. The summed E-state index contributed by atoms with van der Waals surface area (Å²) < 4.78 is 16.6. The Kier molecular flexibility index (Phi) is 13.1. The number of hydrazone groups is 1. The molecule has 7 rings (SSSR count). The number of H-pyrrole nitrogens is 1. The zero-order valence-corrected chi connectivity index (χ0v) is 34.0. The Morgan fingerprint density at radius 2 is 1.64 bits per heavy atom. The fourth-order valence-electron chi connectivity index (χ4n) is 7.15. The van der Waals surface area contributed by atoms with Gasteiger partial charge in [0.05, 0.1) is 37.6 Å². The Labute approximate surface area is 344 Å². The highest BCUT2D eigenvalue weighted by Crippen LogP contribution is 2.46. The number of piperazine rings is 1. The molecule has 1 saturated heterocycles. The largest absolute Gasteiger partial charge is 0.415 e. The Bertz CT molecular complexity index is 2340. The van der Waals surface area contributed by atoms with Gasteiger partial charge in [-0.25, -0.2) is 10.2 Å². The molecule has 0 unspecified atom stereocenters. The van der Waals surface area contributed by atoms with Crippen LogP contribution in [-0.4, -0.2) is 104 Å². The minimum atomic E-state index is -0.413. The number of nitrogens with one attached hydrogen (secondary N) is 4. The molecule has 2 aliphatic rings. The van der Waals surface area contributed by atoms with Gasteiger partial charge in [0, 0.05) is 84.2 Å². The molecule has 4 N–H and O–H groups in total. The number of aromatic amines is 1. The maximum Gasteiger partial charge on any atom is 0.415 e. The number of amides is 4. The second kappa shape index (κ2) is 18.8. The number of nitrogens with zero attached hydrogens (tertiary/aromatic N) is 3. The molecule has 0 spiro atoms. The van der Waals surface area contributed by atoms with E-state index < -0.39 is 6.09 Å². The van der Waals surface area contributed by atoms with Crippen molar-refractivity contribution in [1.29, 1.82) is 0 Å². The summed E-state index contributed by atoms with van der Waals surface area (Å²) in [4.78, 5) is 59.6. The summed E-state index contributed by atoms with van der Waals surface area (Å²) in [6.45, 7) is 8.46. The van der Waals surface area contributed by atoms with Crippen LogP contribution in [0.4, 0.5) is 16.2 Å². The summed E-state index contributed by atoms with van der Waals surface area (Å²) in [5.41, 5.74) is 7.74. The first-order chi connectivity index (χ1) is 28.2. The van der Waals surface area contributed by atoms with Crippen LogP contribution in [0.2, 0.25) is 0 Å². The van der Waals surface area contributed by atoms with Crippen LogP contribution >= 0.6 is 15.9 Å². The van der Waals surface area contributed by atoms with E-state index in [1.54, 1.807) is 53.1 Å². The van der Waals surface area contributed by atoms with Crippen molar-refractivity contribution in [2.75, 3.05) is 74.7 Å². The lowest BCUT2D eigenvalue weighted by molar-refractivity contribution is -0.122. The van der Waals surface area contributed by atoms with Crippen molar-refractivity contribution in [3.05, 3.63) is 101 Å². The number of hydrogen-bond donors (Lipinski definition) is 4. The number of aromatic nitrogens is 1. The zero-order valence-electron chi connectivity index (χ0n) is 32.4. The molecule has 1 fully saturated rings. The first kappa shape index (κ1) is 40.6. The van der Waals surface area contributed by atoms with Gasteiger partial charge in [-0.1, -0.05) is 52.3 Å². The standard InChI is InChI=1S/C43H46BrN7O7/c1-3-56-20-21-57-19-14-39(52)49-48-27(2)28-8-10-29(11-9-28)41(53)46-32-12-13-35-30(22-32)23-36(47-35)42(54)51-26-31(25-44)40-34-7-5-4-6-33(34)38(24-37(40)51)58-43(55)50-17-15-45-16-18-50/h4-13,22-24,31,45,47H,3,14-21,25-26H2,1-2H3,(H,46,53)(H,49,52)/t31-/m1/s1. The average molecular weight is 853 g/mol. The number of carbonyl (C=O) groups is 4. The van der Waals surface area contributed by atoms with E-state index in [-0.39, 0.29) is 36.7 Å². The number of rotatable bonds is 14. The predicted octanol–water partition coefficient (Wildman–Crippen LogP) is 6.40. The molecule has 1 atom stereocenters. The molecule has 15 heteroatoms. The molecule has 14 nitrogen and oxygen atoms in total. The smallest absolute Gasteiger partial charge is 0.409 e. The van der Waals surface area contributed by atoms with Crippen LogP contribution in [0.5, 0.6) is 5.75 Å². The number of halogens is 1. The van der Waals surface area contributed by atoms with Crippen LogP contribution in [-0.2, 0) is 14.3 Å². The Morgan fingerprint density at radius 1 is 0.897 bits per heavy atom. The van der Waals surface area contributed by atoms with E-state index in [2.05, 4.69) is 42.1 Å². The minimum absolute atomic E-state index is 0.0193. The van der Waals surface area contributed by atoms with E-state index in [1.165, 1.54) is 0 Å². The first-order valence-corrected chi connectivity index (χ1v) is 20.5. The highest BCUT2D eigenvalue weighted by molar-refractivity contribution is 9.09. The van der Waals surface area contributed by atoms with E-state index in [0.717, 1.165) is 32.8 Å². The van der Waals surface area contributed by atoms with Crippen LogP contribution in [0.15, 0.2) is 84.0 Å². The van der Waals surface area contributed by atoms with Crippen molar-refractivity contribution in [1.82, 2.24) is 20.6 Å². The highest BCUT2D eigenvalue weighted by atomic mass is 79.9. The molecule has 4 aromatic carbocycles. The van der Waals surface area contributed by atoms with E-state index >= 15 is 0 Å². The molecular formula is C43H46BrN7O7. The second-order valence-corrected chi connectivity index (χ2v) is 14.7. The van der Waals surface area contributed by atoms with Gasteiger partial charge in [-0.3, -0.25) is 14.4 Å². The topological polar surface area (TPSA) is 167 Å². The third-order valence-corrected chi connectivity index (χ3v) is 11.0. The number of fused-ring (bicyclic) bond motifs is 4.